The number of aromatic nitrogens is 2. The van der Waals surface area contributed by atoms with Crippen molar-refractivity contribution in [2.24, 2.45) is 0 Å². The van der Waals surface area contributed by atoms with E-state index in [1.165, 1.54) is 5.56 Å². The van der Waals surface area contributed by atoms with Gasteiger partial charge in [-0.1, -0.05) is 31.2 Å². The molecule has 1 aromatic carbocycles. The first-order valence-corrected chi connectivity index (χ1v) is 10.4. The number of benzene rings is 1. The molecule has 152 valence electrons. The van der Waals surface area contributed by atoms with E-state index in [1.807, 2.05) is 43.5 Å². The van der Waals surface area contributed by atoms with Gasteiger partial charge in [-0.15, -0.1) is 0 Å². The van der Waals surface area contributed by atoms with E-state index < -0.39 is 0 Å². The summed E-state index contributed by atoms with van der Waals surface area (Å²) in [6, 6.07) is 12.2. The molecular formula is C23H29N5O. The second-order valence-corrected chi connectivity index (χ2v) is 7.76. The van der Waals surface area contributed by atoms with E-state index in [1.54, 1.807) is 0 Å². The second-order valence-electron chi connectivity index (χ2n) is 7.76. The minimum absolute atomic E-state index is 0.0720. The Kier molecular flexibility index (Phi) is 5.92. The normalized spacial score (nSPS) is 15.7. The molecule has 0 saturated carbocycles. The number of hydrogen-bond donors (Lipinski definition) is 1. The van der Waals surface area contributed by atoms with Crippen LogP contribution in [0.25, 0.3) is 5.65 Å². The molecule has 29 heavy (non-hydrogen) atoms. The topological polar surface area (TPSA) is 52.9 Å². The Balaban J connectivity index is 1.28. The smallest absolute Gasteiger partial charge is 0.238 e. The molecule has 1 aliphatic heterocycles. The maximum Gasteiger partial charge on any atom is 0.238 e. The average Bonchev–Trinajstić information content (AvgIpc) is 3.13. The SMILES string of the molecule is CCc1cccc(C)c1NC(=O)CN1CCN(Cc2cn3ccccc3n2)CC1. The number of rotatable bonds is 6. The van der Waals surface area contributed by atoms with Crippen molar-refractivity contribution >= 4 is 17.2 Å². The molecule has 1 amide bonds. The van der Waals surface area contributed by atoms with Crippen LogP contribution >= 0.6 is 0 Å². The largest absolute Gasteiger partial charge is 0.324 e. The predicted octanol–water partition coefficient (Wildman–Crippen LogP) is 2.96. The third-order valence-corrected chi connectivity index (χ3v) is 5.64. The van der Waals surface area contributed by atoms with Gasteiger partial charge in [-0.3, -0.25) is 14.6 Å². The van der Waals surface area contributed by atoms with Crippen molar-refractivity contribution in [1.29, 1.82) is 0 Å². The van der Waals surface area contributed by atoms with Gasteiger partial charge in [-0.25, -0.2) is 4.98 Å². The highest BCUT2D eigenvalue weighted by molar-refractivity contribution is 5.93. The van der Waals surface area contributed by atoms with E-state index in [9.17, 15) is 4.79 Å². The molecule has 0 radical (unpaired) electrons. The van der Waals surface area contributed by atoms with Gasteiger partial charge in [0, 0.05) is 50.8 Å². The lowest BCUT2D eigenvalue weighted by atomic mass is 10.1. The number of carbonyl (C=O) groups is 1. The fourth-order valence-corrected chi connectivity index (χ4v) is 3.98. The molecule has 1 saturated heterocycles. The highest BCUT2D eigenvalue weighted by Crippen LogP contribution is 2.21. The number of pyridine rings is 1. The second kappa shape index (κ2) is 8.76. The van der Waals surface area contributed by atoms with Crippen LogP contribution in [-0.4, -0.2) is 57.8 Å². The molecule has 6 heteroatoms. The molecule has 1 aliphatic rings. The van der Waals surface area contributed by atoms with Crippen molar-refractivity contribution in [3.63, 3.8) is 0 Å². The summed E-state index contributed by atoms with van der Waals surface area (Å²) in [6.45, 7) is 9.16. The Labute approximate surface area is 172 Å². The third-order valence-electron chi connectivity index (χ3n) is 5.64. The van der Waals surface area contributed by atoms with Crippen molar-refractivity contribution in [3.8, 4) is 0 Å². The molecule has 0 spiro atoms. The highest BCUT2D eigenvalue weighted by atomic mass is 16.2. The number of nitrogens with one attached hydrogen (secondary N) is 1. The molecule has 2 aromatic heterocycles. The van der Waals surface area contributed by atoms with Gasteiger partial charge in [0.1, 0.15) is 5.65 Å². The van der Waals surface area contributed by atoms with Crippen molar-refractivity contribution in [2.45, 2.75) is 26.8 Å². The zero-order valence-corrected chi connectivity index (χ0v) is 17.3. The van der Waals surface area contributed by atoms with Gasteiger partial charge in [-0.05, 0) is 36.6 Å². The van der Waals surface area contributed by atoms with E-state index >= 15 is 0 Å². The van der Waals surface area contributed by atoms with Crippen LogP contribution < -0.4 is 5.32 Å². The number of fused-ring (bicyclic) bond motifs is 1. The fourth-order valence-electron chi connectivity index (χ4n) is 3.98. The number of amides is 1. The first-order chi connectivity index (χ1) is 14.1. The van der Waals surface area contributed by atoms with Gasteiger partial charge in [0.05, 0.1) is 12.2 Å². The molecule has 6 nitrogen and oxygen atoms in total. The summed E-state index contributed by atoms with van der Waals surface area (Å²) < 4.78 is 2.06. The zero-order valence-electron chi connectivity index (χ0n) is 17.3. The first kappa shape index (κ1) is 19.6. The molecular weight excluding hydrogens is 362 g/mol. The fraction of sp³-hybridized carbons (Fsp3) is 0.391. The Bertz CT molecular complexity index is 955. The summed E-state index contributed by atoms with van der Waals surface area (Å²) in [4.78, 5) is 21.9. The number of aryl methyl sites for hydroxylation is 2. The average molecular weight is 392 g/mol. The van der Waals surface area contributed by atoms with Gasteiger partial charge in [0.2, 0.25) is 5.91 Å². The summed E-state index contributed by atoms with van der Waals surface area (Å²) in [5, 5.41) is 3.14. The highest BCUT2D eigenvalue weighted by Gasteiger charge is 2.20. The van der Waals surface area contributed by atoms with Crippen LogP contribution in [0.2, 0.25) is 0 Å². The molecule has 0 unspecified atom stereocenters. The van der Waals surface area contributed by atoms with Crippen LogP contribution in [0.1, 0.15) is 23.7 Å². The van der Waals surface area contributed by atoms with Crippen LogP contribution in [0.15, 0.2) is 48.8 Å². The Morgan fingerprint density at radius 2 is 1.86 bits per heavy atom. The minimum atomic E-state index is 0.0720. The van der Waals surface area contributed by atoms with Crippen LogP contribution in [0.3, 0.4) is 0 Å². The van der Waals surface area contributed by atoms with Crippen LogP contribution in [0.5, 0.6) is 0 Å². The minimum Gasteiger partial charge on any atom is -0.324 e. The standard InChI is InChI=1S/C23H29N5O/c1-3-19-8-6-7-18(2)23(19)25-22(29)17-27-13-11-26(12-14-27)15-20-16-28-10-5-4-9-21(28)24-20/h4-10,16H,3,11-15,17H2,1-2H3,(H,25,29). The van der Waals surface area contributed by atoms with Gasteiger partial charge in [0.15, 0.2) is 0 Å². The number of piperazine rings is 1. The Morgan fingerprint density at radius 3 is 2.62 bits per heavy atom. The summed E-state index contributed by atoms with van der Waals surface area (Å²) in [5.74, 6) is 0.0720. The molecule has 0 aliphatic carbocycles. The van der Waals surface area contributed by atoms with Gasteiger partial charge < -0.3 is 9.72 Å². The molecule has 3 aromatic rings. The van der Waals surface area contributed by atoms with Gasteiger partial charge in [0.25, 0.3) is 0 Å². The van der Waals surface area contributed by atoms with Crippen molar-refractivity contribution < 1.29 is 4.79 Å². The van der Waals surface area contributed by atoms with E-state index in [2.05, 4.69) is 43.7 Å². The summed E-state index contributed by atoms with van der Waals surface area (Å²) >= 11 is 0. The van der Waals surface area contributed by atoms with Crippen molar-refractivity contribution in [3.05, 3.63) is 65.6 Å². The lowest BCUT2D eigenvalue weighted by Crippen LogP contribution is -2.48. The Morgan fingerprint density at radius 1 is 1.07 bits per heavy atom. The van der Waals surface area contributed by atoms with Crippen molar-refractivity contribution in [1.82, 2.24) is 19.2 Å². The maximum absolute atomic E-state index is 12.6. The molecule has 4 rings (SSSR count). The van der Waals surface area contributed by atoms with E-state index in [-0.39, 0.29) is 5.91 Å². The first-order valence-electron chi connectivity index (χ1n) is 10.4. The lowest BCUT2D eigenvalue weighted by Gasteiger charge is -2.33. The molecule has 3 heterocycles. The van der Waals surface area contributed by atoms with Crippen LogP contribution in [0, 0.1) is 6.92 Å². The molecule has 0 bridgehead atoms. The molecule has 0 atom stereocenters. The predicted molar refractivity (Wildman–Crippen MR) is 116 cm³/mol. The van der Waals surface area contributed by atoms with E-state index in [0.29, 0.717) is 6.54 Å². The van der Waals surface area contributed by atoms with Gasteiger partial charge in [-0.2, -0.15) is 0 Å². The summed E-state index contributed by atoms with van der Waals surface area (Å²) in [7, 11) is 0. The number of nitrogens with zero attached hydrogens (tertiary/aromatic N) is 4. The molecule has 1 N–H and O–H groups in total. The van der Waals surface area contributed by atoms with E-state index in [4.69, 9.17) is 0 Å². The van der Waals surface area contributed by atoms with Gasteiger partial charge >= 0.3 is 0 Å². The third kappa shape index (κ3) is 4.66. The molecule has 1 fully saturated rings. The Hall–Kier alpha value is -2.70. The summed E-state index contributed by atoms with van der Waals surface area (Å²) in [6.07, 6.45) is 5.04. The maximum atomic E-state index is 12.6. The number of anilines is 1. The monoisotopic (exact) mass is 391 g/mol. The van der Waals surface area contributed by atoms with Crippen LogP contribution in [-0.2, 0) is 17.8 Å². The zero-order chi connectivity index (χ0) is 20.2. The number of hydrogen-bond acceptors (Lipinski definition) is 4. The van der Waals surface area contributed by atoms with Crippen LogP contribution in [0.4, 0.5) is 5.69 Å². The number of carbonyl (C=O) groups excluding carboxylic acids is 1. The number of para-hydroxylation sites is 1. The quantitative estimate of drug-likeness (QED) is 0.702. The van der Waals surface area contributed by atoms with E-state index in [0.717, 1.165) is 61.7 Å². The lowest BCUT2D eigenvalue weighted by molar-refractivity contribution is -0.117. The number of imidazole rings is 1. The summed E-state index contributed by atoms with van der Waals surface area (Å²) in [5.41, 5.74) is 5.37. The van der Waals surface area contributed by atoms with Crippen molar-refractivity contribution in [2.75, 3.05) is 38.0 Å².